The van der Waals surface area contributed by atoms with Crippen LogP contribution in [0.5, 0.6) is 11.5 Å². The molecule has 120 valence electrons. The summed E-state index contributed by atoms with van der Waals surface area (Å²) in [5.74, 6) is 0.993. The van der Waals surface area contributed by atoms with Gasteiger partial charge in [-0.05, 0) is 37.1 Å². The van der Waals surface area contributed by atoms with Crippen LogP contribution in [-0.2, 0) is 6.54 Å². The third-order valence-electron chi connectivity index (χ3n) is 2.89. The first-order valence-corrected chi connectivity index (χ1v) is 6.93. The zero-order valence-electron chi connectivity index (χ0n) is 12.0. The van der Waals surface area contributed by atoms with Crippen molar-refractivity contribution in [2.45, 2.75) is 32.0 Å². The average molecular weight is 326 g/mol. The molecule has 0 fully saturated rings. The van der Waals surface area contributed by atoms with E-state index in [2.05, 4.69) is 5.32 Å². The van der Waals surface area contributed by atoms with E-state index >= 15 is 0 Å². The summed E-state index contributed by atoms with van der Waals surface area (Å²) in [6.07, 6.45) is -4.21. The van der Waals surface area contributed by atoms with Crippen LogP contribution >= 0.6 is 11.6 Å². The molecule has 0 unspecified atom stereocenters. The van der Waals surface area contributed by atoms with E-state index in [1.165, 1.54) is 14.2 Å². The highest BCUT2D eigenvalue weighted by atomic mass is 35.5. The molecule has 1 rings (SSSR count). The maximum Gasteiger partial charge on any atom is 0.389 e. The van der Waals surface area contributed by atoms with Crippen LogP contribution < -0.4 is 14.8 Å². The molecular formula is C14H19ClF3NO2. The highest BCUT2D eigenvalue weighted by Gasteiger charge is 2.25. The number of ether oxygens (including phenoxy) is 2. The number of rotatable bonds is 8. The molecule has 1 aromatic carbocycles. The van der Waals surface area contributed by atoms with Crippen LogP contribution in [0.1, 0.15) is 24.8 Å². The maximum atomic E-state index is 12.0. The third-order valence-corrected chi connectivity index (χ3v) is 3.17. The van der Waals surface area contributed by atoms with Crippen molar-refractivity contribution < 1.29 is 22.6 Å². The van der Waals surface area contributed by atoms with Crippen molar-refractivity contribution in [1.82, 2.24) is 5.32 Å². The minimum absolute atomic E-state index is 0.128. The Hall–Kier alpha value is -1.14. The first kappa shape index (κ1) is 17.9. The minimum Gasteiger partial charge on any atom is -0.493 e. The summed E-state index contributed by atoms with van der Waals surface area (Å²) in [4.78, 5) is 0. The second-order valence-electron chi connectivity index (χ2n) is 4.56. The lowest BCUT2D eigenvalue weighted by Crippen LogP contribution is -2.16. The van der Waals surface area contributed by atoms with Crippen LogP contribution in [0.15, 0.2) is 12.1 Å². The monoisotopic (exact) mass is 325 g/mol. The molecule has 0 saturated carbocycles. The highest BCUT2D eigenvalue weighted by Crippen LogP contribution is 2.35. The van der Waals surface area contributed by atoms with E-state index in [1.807, 2.05) is 0 Å². The molecule has 0 aliphatic rings. The number of nitrogens with one attached hydrogen (secondary N) is 1. The van der Waals surface area contributed by atoms with Crippen molar-refractivity contribution >= 4 is 11.6 Å². The summed E-state index contributed by atoms with van der Waals surface area (Å²) < 4.78 is 46.2. The Morgan fingerprint density at radius 1 is 1.14 bits per heavy atom. The van der Waals surface area contributed by atoms with Gasteiger partial charge in [-0.25, -0.2) is 0 Å². The van der Waals surface area contributed by atoms with Gasteiger partial charge in [-0.2, -0.15) is 13.2 Å². The van der Waals surface area contributed by atoms with Crippen LogP contribution in [0.25, 0.3) is 0 Å². The predicted molar refractivity (Wildman–Crippen MR) is 76.2 cm³/mol. The van der Waals surface area contributed by atoms with E-state index in [0.717, 1.165) is 5.56 Å². The summed E-state index contributed by atoms with van der Waals surface area (Å²) in [5, 5.41) is 3.52. The van der Waals surface area contributed by atoms with Gasteiger partial charge in [0.15, 0.2) is 11.5 Å². The topological polar surface area (TPSA) is 30.5 Å². The summed E-state index contributed by atoms with van der Waals surface area (Å²) in [6.45, 7) is 1.02. The van der Waals surface area contributed by atoms with Crippen molar-refractivity contribution in [3.63, 3.8) is 0 Å². The number of methoxy groups -OCH3 is 2. The number of hydrogen-bond acceptors (Lipinski definition) is 3. The molecule has 0 atom stereocenters. The molecule has 0 radical (unpaired) electrons. The van der Waals surface area contributed by atoms with Crippen molar-refractivity contribution in [3.05, 3.63) is 22.7 Å². The van der Waals surface area contributed by atoms with Gasteiger partial charge < -0.3 is 14.8 Å². The zero-order valence-corrected chi connectivity index (χ0v) is 12.8. The number of hydrogen-bond donors (Lipinski definition) is 1. The average Bonchev–Trinajstić information content (AvgIpc) is 2.40. The van der Waals surface area contributed by atoms with Crippen LogP contribution in [-0.4, -0.2) is 26.9 Å². The smallest absolute Gasteiger partial charge is 0.389 e. The molecule has 0 aliphatic heterocycles. The molecule has 0 aliphatic carbocycles. The van der Waals surface area contributed by atoms with Gasteiger partial charge in [0.05, 0.1) is 19.2 Å². The quantitative estimate of drug-likeness (QED) is 0.727. The van der Waals surface area contributed by atoms with Crippen molar-refractivity contribution in [2.24, 2.45) is 0 Å². The molecule has 21 heavy (non-hydrogen) atoms. The van der Waals surface area contributed by atoms with Crippen LogP contribution in [0.3, 0.4) is 0 Å². The molecule has 7 heteroatoms. The molecule has 3 nitrogen and oxygen atoms in total. The Balaban J connectivity index is 2.41. The predicted octanol–water partition coefficient (Wildman–Crippen LogP) is 4.18. The molecule has 0 aromatic heterocycles. The number of benzene rings is 1. The van der Waals surface area contributed by atoms with E-state index in [0.29, 0.717) is 36.0 Å². The lowest BCUT2D eigenvalue weighted by atomic mass is 10.2. The van der Waals surface area contributed by atoms with Crippen molar-refractivity contribution in [3.8, 4) is 11.5 Å². The molecule has 0 spiro atoms. The number of halogens is 4. The van der Waals surface area contributed by atoms with Gasteiger partial charge in [-0.15, -0.1) is 0 Å². The van der Waals surface area contributed by atoms with Gasteiger partial charge in [0.1, 0.15) is 0 Å². The Labute approximate surface area is 127 Å². The normalized spacial score (nSPS) is 11.5. The largest absolute Gasteiger partial charge is 0.493 e. The standard InChI is InChI=1S/C14H19ClF3NO2/c1-20-12-8-10(7-11(15)13(12)21-2)9-19-6-4-3-5-14(16,17)18/h7-8,19H,3-6,9H2,1-2H3. The fourth-order valence-corrected chi connectivity index (χ4v) is 2.19. The lowest BCUT2D eigenvalue weighted by molar-refractivity contribution is -0.135. The molecule has 1 aromatic rings. The fraction of sp³-hybridized carbons (Fsp3) is 0.571. The van der Waals surface area contributed by atoms with Crippen LogP contribution in [0.2, 0.25) is 5.02 Å². The summed E-state index contributed by atoms with van der Waals surface area (Å²) in [7, 11) is 3.02. The second kappa shape index (κ2) is 8.34. The summed E-state index contributed by atoms with van der Waals surface area (Å²) >= 11 is 6.07. The second-order valence-corrected chi connectivity index (χ2v) is 4.97. The maximum absolute atomic E-state index is 12.0. The van der Waals surface area contributed by atoms with E-state index in [4.69, 9.17) is 21.1 Å². The summed E-state index contributed by atoms with van der Waals surface area (Å²) in [5.41, 5.74) is 0.883. The Morgan fingerprint density at radius 2 is 1.86 bits per heavy atom. The Bertz CT molecular complexity index is 453. The van der Waals surface area contributed by atoms with Gasteiger partial charge in [0, 0.05) is 13.0 Å². The molecule has 0 bridgehead atoms. The fourth-order valence-electron chi connectivity index (χ4n) is 1.88. The molecule has 0 amide bonds. The van der Waals surface area contributed by atoms with Crippen LogP contribution in [0.4, 0.5) is 13.2 Å². The number of unbranched alkanes of at least 4 members (excludes halogenated alkanes) is 1. The van der Waals surface area contributed by atoms with E-state index in [-0.39, 0.29) is 6.42 Å². The zero-order chi connectivity index (χ0) is 15.9. The summed E-state index contributed by atoms with van der Waals surface area (Å²) in [6, 6.07) is 3.53. The molecule has 0 saturated heterocycles. The molecule has 0 heterocycles. The van der Waals surface area contributed by atoms with E-state index in [9.17, 15) is 13.2 Å². The minimum atomic E-state index is -4.07. The van der Waals surface area contributed by atoms with Gasteiger partial charge in [0.25, 0.3) is 0 Å². The van der Waals surface area contributed by atoms with Gasteiger partial charge in [-0.3, -0.25) is 0 Å². The van der Waals surface area contributed by atoms with Crippen LogP contribution in [0, 0.1) is 0 Å². The van der Waals surface area contributed by atoms with Gasteiger partial charge in [0.2, 0.25) is 0 Å². The van der Waals surface area contributed by atoms with E-state index < -0.39 is 12.6 Å². The van der Waals surface area contributed by atoms with Gasteiger partial charge >= 0.3 is 6.18 Å². The SMILES string of the molecule is COc1cc(CNCCCCC(F)(F)F)cc(Cl)c1OC. The van der Waals surface area contributed by atoms with Crippen molar-refractivity contribution in [1.29, 1.82) is 0 Å². The lowest BCUT2D eigenvalue weighted by Gasteiger charge is -2.12. The third kappa shape index (κ3) is 6.44. The first-order chi connectivity index (χ1) is 9.87. The highest BCUT2D eigenvalue weighted by molar-refractivity contribution is 6.32. The Kier molecular flexibility index (Phi) is 7.11. The van der Waals surface area contributed by atoms with Gasteiger partial charge in [-0.1, -0.05) is 11.6 Å². The first-order valence-electron chi connectivity index (χ1n) is 6.55. The number of alkyl halides is 3. The molecular weight excluding hydrogens is 307 g/mol. The van der Waals surface area contributed by atoms with Crippen molar-refractivity contribution in [2.75, 3.05) is 20.8 Å². The van der Waals surface area contributed by atoms with E-state index in [1.54, 1.807) is 12.1 Å². The Morgan fingerprint density at radius 3 is 2.43 bits per heavy atom. The molecule has 1 N–H and O–H groups in total.